The van der Waals surface area contributed by atoms with Crippen molar-refractivity contribution < 1.29 is 14.3 Å². The van der Waals surface area contributed by atoms with Crippen molar-refractivity contribution in [1.29, 1.82) is 0 Å². The van der Waals surface area contributed by atoms with Crippen LogP contribution in [-0.4, -0.2) is 37.8 Å². The predicted molar refractivity (Wildman–Crippen MR) is 94.0 cm³/mol. The van der Waals surface area contributed by atoms with Gasteiger partial charge in [-0.3, -0.25) is 19.1 Å². The van der Waals surface area contributed by atoms with Gasteiger partial charge in [-0.05, 0) is 17.7 Å². The monoisotopic (exact) mass is 376 g/mol. The highest BCUT2D eigenvalue weighted by Gasteiger charge is 2.38. The van der Waals surface area contributed by atoms with E-state index < -0.39 is 11.3 Å². The van der Waals surface area contributed by atoms with Crippen LogP contribution in [0.4, 0.5) is 4.39 Å². The van der Waals surface area contributed by atoms with Gasteiger partial charge in [0.2, 0.25) is 11.7 Å². The molecule has 1 fully saturated rings. The van der Waals surface area contributed by atoms with E-state index in [1.807, 2.05) is 0 Å². The smallest absolute Gasteiger partial charge is 0.297 e. The van der Waals surface area contributed by atoms with E-state index in [2.05, 4.69) is 15.2 Å². The number of carbonyl (C=O) groups excluding carboxylic acids is 1. The minimum Gasteiger partial charge on any atom is -0.502 e. The summed E-state index contributed by atoms with van der Waals surface area (Å²) in [6.07, 6.45) is -0.187. The molecule has 136 valence electrons. The minimum atomic E-state index is -0.508. The Hall–Kier alpha value is -2.39. The van der Waals surface area contributed by atoms with Gasteiger partial charge in [-0.1, -0.05) is 12.1 Å². The van der Waals surface area contributed by atoms with Crippen molar-refractivity contribution in [3.8, 4) is 5.75 Å². The van der Waals surface area contributed by atoms with Gasteiger partial charge in [0, 0.05) is 18.8 Å². The first-order valence-corrected chi connectivity index (χ1v) is 9.27. The van der Waals surface area contributed by atoms with E-state index >= 15 is 0 Å². The van der Waals surface area contributed by atoms with Gasteiger partial charge in [-0.2, -0.15) is 0 Å². The lowest BCUT2D eigenvalue weighted by Crippen LogP contribution is -2.28. The molecule has 0 bridgehead atoms. The van der Waals surface area contributed by atoms with E-state index in [1.165, 1.54) is 16.7 Å². The second-order valence-electron chi connectivity index (χ2n) is 6.26. The Kier molecular flexibility index (Phi) is 4.41. The standard InChI is InChI=1S/C17H17FN4O3S/c18-11-3-1-10(2-4-11)8-19-13(23)7-12-14(24)16(25)22-9-21-5-6-26-17(21)15(22)20-12/h1-4,17,24H,5-9H2,(H,19,23). The maximum atomic E-state index is 12.9. The Morgan fingerprint density at radius 2 is 2.15 bits per heavy atom. The van der Waals surface area contributed by atoms with Crippen LogP contribution in [0, 0.1) is 5.82 Å². The van der Waals surface area contributed by atoms with Crippen molar-refractivity contribution in [3.05, 3.63) is 57.5 Å². The number of halogens is 1. The summed E-state index contributed by atoms with van der Waals surface area (Å²) in [5.41, 5.74) is 0.336. The third-order valence-corrected chi connectivity index (χ3v) is 5.75. The van der Waals surface area contributed by atoms with Gasteiger partial charge in [-0.15, -0.1) is 11.8 Å². The van der Waals surface area contributed by atoms with Crippen molar-refractivity contribution in [2.45, 2.75) is 25.0 Å². The predicted octanol–water partition coefficient (Wildman–Crippen LogP) is 0.965. The summed E-state index contributed by atoms with van der Waals surface area (Å²) in [5, 5.41) is 12.8. The molecule has 26 heavy (non-hydrogen) atoms. The Bertz CT molecular complexity index is 915. The molecule has 1 atom stereocenters. The summed E-state index contributed by atoms with van der Waals surface area (Å²) < 4.78 is 14.4. The van der Waals surface area contributed by atoms with Crippen molar-refractivity contribution in [2.24, 2.45) is 0 Å². The first-order chi connectivity index (χ1) is 12.5. The number of amides is 1. The van der Waals surface area contributed by atoms with Crippen LogP contribution in [-0.2, 0) is 24.4 Å². The van der Waals surface area contributed by atoms with Crippen molar-refractivity contribution in [1.82, 2.24) is 19.8 Å². The second kappa shape index (κ2) is 6.73. The number of carbonyl (C=O) groups is 1. The molecule has 1 unspecified atom stereocenters. The van der Waals surface area contributed by atoms with Crippen LogP contribution >= 0.6 is 11.8 Å². The summed E-state index contributed by atoms with van der Waals surface area (Å²) in [6, 6.07) is 5.81. The maximum Gasteiger partial charge on any atom is 0.297 e. The Morgan fingerprint density at radius 3 is 2.92 bits per heavy atom. The van der Waals surface area contributed by atoms with Crippen LogP contribution < -0.4 is 10.9 Å². The minimum absolute atomic E-state index is 0.00401. The molecule has 2 aromatic rings. The average molecular weight is 376 g/mol. The number of benzene rings is 1. The molecule has 1 amide bonds. The Labute approximate surface area is 152 Å². The lowest BCUT2D eigenvalue weighted by Gasteiger charge is -2.11. The largest absolute Gasteiger partial charge is 0.502 e. The molecule has 1 saturated heterocycles. The highest BCUT2D eigenvalue weighted by Crippen LogP contribution is 2.41. The molecule has 4 rings (SSSR count). The molecule has 0 radical (unpaired) electrons. The van der Waals surface area contributed by atoms with E-state index in [0.29, 0.717) is 12.5 Å². The molecule has 1 aromatic heterocycles. The van der Waals surface area contributed by atoms with Crippen molar-refractivity contribution >= 4 is 17.7 Å². The number of hydrogen-bond donors (Lipinski definition) is 2. The summed E-state index contributed by atoms with van der Waals surface area (Å²) in [4.78, 5) is 31.1. The van der Waals surface area contributed by atoms with Crippen molar-refractivity contribution in [2.75, 3.05) is 12.3 Å². The molecule has 9 heteroatoms. The molecule has 7 nitrogen and oxygen atoms in total. The molecule has 0 saturated carbocycles. The van der Waals surface area contributed by atoms with E-state index in [1.54, 1.807) is 23.9 Å². The zero-order valence-electron chi connectivity index (χ0n) is 13.8. The molecule has 0 spiro atoms. The van der Waals surface area contributed by atoms with Crippen LogP contribution in [0.2, 0.25) is 0 Å². The zero-order valence-corrected chi connectivity index (χ0v) is 14.6. The molecule has 2 N–H and O–H groups in total. The fraction of sp³-hybridized carbons (Fsp3) is 0.353. The molecule has 2 aliphatic rings. The fourth-order valence-electron chi connectivity index (χ4n) is 3.14. The number of fused-ring (bicyclic) bond motifs is 3. The molecule has 0 aliphatic carbocycles. The van der Waals surface area contributed by atoms with Gasteiger partial charge >= 0.3 is 0 Å². The highest BCUT2D eigenvalue weighted by atomic mass is 32.2. The Balaban J connectivity index is 1.49. The molecular weight excluding hydrogens is 359 g/mol. The number of nitrogens with one attached hydrogen (secondary N) is 1. The summed E-state index contributed by atoms with van der Waals surface area (Å²) in [7, 11) is 0. The highest BCUT2D eigenvalue weighted by molar-refractivity contribution is 7.99. The number of aromatic nitrogens is 2. The molecular formula is C17H17FN4O3S. The summed E-state index contributed by atoms with van der Waals surface area (Å²) >= 11 is 1.70. The van der Waals surface area contributed by atoms with E-state index in [9.17, 15) is 19.1 Å². The van der Waals surface area contributed by atoms with Crippen LogP contribution in [0.3, 0.4) is 0 Å². The van der Waals surface area contributed by atoms with E-state index in [0.717, 1.165) is 17.9 Å². The second-order valence-corrected chi connectivity index (χ2v) is 7.44. The summed E-state index contributed by atoms with van der Waals surface area (Å²) in [5.74, 6) is 0.380. The first-order valence-electron chi connectivity index (χ1n) is 8.22. The van der Waals surface area contributed by atoms with Gasteiger partial charge in [0.25, 0.3) is 5.56 Å². The van der Waals surface area contributed by atoms with Crippen LogP contribution in [0.5, 0.6) is 5.75 Å². The number of aromatic hydroxyl groups is 1. The first kappa shape index (κ1) is 17.0. The SMILES string of the molecule is O=C(Cc1nc2n(c(=O)c1O)CN1CCSC21)NCc1ccc(F)cc1. The quantitative estimate of drug-likeness (QED) is 0.827. The van der Waals surface area contributed by atoms with Gasteiger partial charge in [0.05, 0.1) is 18.8 Å². The topological polar surface area (TPSA) is 87.5 Å². The van der Waals surface area contributed by atoms with Crippen LogP contribution in [0.1, 0.15) is 22.5 Å². The van der Waals surface area contributed by atoms with Crippen LogP contribution in [0.15, 0.2) is 29.1 Å². The van der Waals surface area contributed by atoms with Crippen LogP contribution in [0.25, 0.3) is 0 Å². The van der Waals surface area contributed by atoms with Gasteiger partial charge in [0.15, 0.2) is 0 Å². The fourth-order valence-corrected chi connectivity index (χ4v) is 4.42. The van der Waals surface area contributed by atoms with Crippen molar-refractivity contribution in [3.63, 3.8) is 0 Å². The third kappa shape index (κ3) is 3.08. The lowest BCUT2D eigenvalue weighted by molar-refractivity contribution is -0.120. The third-order valence-electron chi connectivity index (χ3n) is 4.51. The van der Waals surface area contributed by atoms with Gasteiger partial charge < -0.3 is 10.4 Å². The molecule has 2 aliphatic heterocycles. The number of rotatable bonds is 4. The normalized spacial score (nSPS) is 18.6. The molecule has 3 heterocycles. The maximum absolute atomic E-state index is 12.9. The summed E-state index contributed by atoms with van der Waals surface area (Å²) in [6.45, 7) is 1.52. The Morgan fingerprint density at radius 1 is 1.38 bits per heavy atom. The van der Waals surface area contributed by atoms with Gasteiger partial charge in [-0.25, -0.2) is 9.37 Å². The zero-order chi connectivity index (χ0) is 18.3. The average Bonchev–Trinajstić information content (AvgIpc) is 3.21. The van der Waals surface area contributed by atoms with E-state index in [4.69, 9.17) is 0 Å². The lowest BCUT2D eigenvalue weighted by atomic mass is 10.2. The number of thioether (sulfide) groups is 1. The molecule has 1 aromatic carbocycles. The number of hydrogen-bond acceptors (Lipinski definition) is 6. The van der Waals surface area contributed by atoms with E-state index in [-0.39, 0.29) is 35.8 Å². The van der Waals surface area contributed by atoms with Gasteiger partial charge in [0.1, 0.15) is 17.0 Å². The number of nitrogens with zero attached hydrogens (tertiary/aromatic N) is 3.